The van der Waals surface area contributed by atoms with E-state index in [4.69, 9.17) is 0 Å². The van der Waals surface area contributed by atoms with Gasteiger partial charge < -0.3 is 10.2 Å². The van der Waals surface area contributed by atoms with Crippen LogP contribution in [0.25, 0.3) is 0 Å². The first-order valence-electron chi connectivity index (χ1n) is 7.14. The number of nitrogens with zero attached hydrogens (tertiary/aromatic N) is 2. The average Bonchev–Trinajstić information content (AvgIpc) is 2.31. The molecule has 0 aromatic heterocycles. The molecule has 2 atom stereocenters. The molecular formula is C14H31N3. The molecule has 102 valence electrons. The van der Waals surface area contributed by atoms with Crippen molar-refractivity contribution in [3.8, 4) is 0 Å². The molecule has 0 aromatic rings. The first kappa shape index (κ1) is 14.9. The van der Waals surface area contributed by atoms with Crippen LogP contribution < -0.4 is 5.32 Å². The lowest BCUT2D eigenvalue weighted by molar-refractivity contribution is 0.0681. The highest BCUT2D eigenvalue weighted by Crippen LogP contribution is 2.23. The Hall–Kier alpha value is -0.120. The van der Waals surface area contributed by atoms with Gasteiger partial charge in [-0.25, -0.2) is 0 Å². The van der Waals surface area contributed by atoms with E-state index in [1.807, 2.05) is 0 Å². The van der Waals surface area contributed by atoms with E-state index < -0.39 is 0 Å². The minimum atomic E-state index is 0.422. The van der Waals surface area contributed by atoms with Gasteiger partial charge in [0.1, 0.15) is 0 Å². The van der Waals surface area contributed by atoms with E-state index in [0.717, 1.165) is 13.1 Å². The van der Waals surface area contributed by atoms with Crippen molar-refractivity contribution in [3.05, 3.63) is 0 Å². The van der Waals surface area contributed by atoms with Gasteiger partial charge in [0.2, 0.25) is 0 Å². The fraction of sp³-hybridized carbons (Fsp3) is 1.00. The molecule has 17 heavy (non-hydrogen) atoms. The van der Waals surface area contributed by atoms with E-state index in [-0.39, 0.29) is 0 Å². The summed E-state index contributed by atoms with van der Waals surface area (Å²) in [6.07, 6.45) is 1.25. The van der Waals surface area contributed by atoms with Crippen molar-refractivity contribution in [1.29, 1.82) is 0 Å². The maximum atomic E-state index is 3.51. The topological polar surface area (TPSA) is 18.5 Å². The molecule has 3 heteroatoms. The second-order valence-corrected chi connectivity index (χ2v) is 6.01. The zero-order valence-electron chi connectivity index (χ0n) is 12.4. The highest BCUT2D eigenvalue weighted by molar-refractivity contribution is 4.84. The minimum absolute atomic E-state index is 0.422. The average molecular weight is 241 g/mol. The van der Waals surface area contributed by atoms with Gasteiger partial charge in [0, 0.05) is 38.8 Å². The molecule has 1 N–H and O–H groups in total. The normalized spacial score (nSPS) is 27.0. The number of nitrogens with one attached hydrogen (secondary N) is 1. The van der Waals surface area contributed by atoms with E-state index in [9.17, 15) is 0 Å². The van der Waals surface area contributed by atoms with Crippen LogP contribution in [0.5, 0.6) is 0 Å². The highest BCUT2D eigenvalue weighted by atomic mass is 15.3. The zero-order chi connectivity index (χ0) is 12.9. The molecule has 1 rings (SSSR count). The molecule has 0 amide bonds. The Bertz CT molecular complexity index is 220. The Labute approximate surface area is 108 Å². The van der Waals surface area contributed by atoms with Crippen molar-refractivity contribution >= 4 is 0 Å². The third-order valence-electron chi connectivity index (χ3n) is 4.30. The summed E-state index contributed by atoms with van der Waals surface area (Å²) in [5, 5.41) is 3.51. The summed E-state index contributed by atoms with van der Waals surface area (Å²) < 4.78 is 0. The van der Waals surface area contributed by atoms with Crippen molar-refractivity contribution < 1.29 is 0 Å². The second-order valence-electron chi connectivity index (χ2n) is 6.01. The molecule has 0 saturated carbocycles. The van der Waals surface area contributed by atoms with Gasteiger partial charge in [-0.15, -0.1) is 0 Å². The van der Waals surface area contributed by atoms with Crippen molar-refractivity contribution in [3.63, 3.8) is 0 Å². The third kappa shape index (κ3) is 4.57. The highest BCUT2D eigenvalue weighted by Gasteiger charge is 2.28. The van der Waals surface area contributed by atoms with Crippen LogP contribution in [0, 0.1) is 5.41 Å². The maximum absolute atomic E-state index is 3.51. The van der Waals surface area contributed by atoms with Crippen LogP contribution in [0.2, 0.25) is 0 Å². The van der Waals surface area contributed by atoms with Crippen LogP contribution in [-0.4, -0.2) is 62.2 Å². The van der Waals surface area contributed by atoms with E-state index in [1.165, 1.54) is 32.6 Å². The standard InChI is InChI=1S/C14H31N3/c1-6-14(4,11-15-7-2)12-17-9-8-16(5)13(3)10-17/h13,15H,6-12H2,1-5H3. The van der Waals surface area contributed by atoms with Gasteiger partial charge >= 0.3 is 0 Å². The van der Waals surface area contributed by atoms with E-state index in [1.54, 1.807) is 0 Å². The fourth-order valence-corrected chi connectivity index (χ4v) is 2.53. The lowest BCUT2D eigenvalue weighted by atomic mass is 9.86. The van der Waals surface area contributed by atoms with Gasteiger partial charge in [-0.1, -0.05) is 20.8 Å². The van der Waals surface area contributed by atoms with Gasteiger partial charge in [0.25, 0.3) is 0 Å². The van der Waals surface area contributed by atoms with Crippen LogP contribution in [0.4, 0.5) is 0 Å². The van der Waals surface area contributed by atoms with Crippen LogP contribution in [0.15, 0.2) is 0 Å². The minimum Gasteiger partial charge on any atom is -0.316 e. The molecule has 1 aliphatic heterocycles. The predicted molar refractivity (Wildman–Crippen MR) is 75.5 cm³/mol. The van der Waals surface area contributed by atoms with Gasteiger partial charge in [0.15, 0.2) is 0 Å². The number of piperazine rings is 1. The molecule has 3 nitrogen and oxygen atoms in total. The van der Waals surface area contributed by atoms with Crippen molar-refractivity contribution in [1.82, 2.24) is 15.1 Å². The Balaban J connectivity index is 2.45. The van der Waals surface area contributed by atoms with Gasteiger partial charge in [-0.2, -0.15) is 0 Å². The first-order chi connectivity index (χ1) is 8.00. The molecule has 2 unspecified atom stereocenters. The number of hydrogen-bond acceptors (Lipinski definition) is 3. The summed E-state index contributed by atoms with van der Waals surface area (Å²) in [7, 11) is 2.24. The summed E-state index contributed by atoms with van der Waals surface area (Å²) >= 11 is 0. The Kier molecular flexibility index (Phi) is 5.90. The van der Waals surface area contributed by atoms with Gasteiger partial charge in [-0.05, 0) is 32.4 Å². The summed E-state index contributed by atoms with van der Waals surface area (Å²) in [4.78, 5) is 5.11. The summed E-state index contributed by atoms with van der Waals surface area (Å²) in [6, 6.07) is 0.698. The number of rotatable bonds is 6. The molecule has 0 aromatic carbocycles. The summed E-state index contributed by atoms with van der Waals surface area (Å²) in [6.45, 7) is 16.4. The quantitative estimate of drug-likeness (QED) is 0.763. The molecular weight excluding hydrogens is 210 g/mol. The van der Waals surface area contributed by atoms with Crippen LogP contribution in [0.1, 0.15) is 34.1 Å². The molecule has 0 spiro atoms. The maximum Gasteiger partial charge on any atom is 0.0192 e. The largest absolute Gasteiger partial charge is 0.316 e. The summed E-state index contributed by atoms with van der Waals surface area (Å²) in [5.41, 5.74) is 0.422. The molecule has 1 saturated heterocycles. The monoisotopic (exact) mass is 241 g/mol. The van der Waals surface area contributed by atoms with Crippen LogP contribution >= 0.6 is 0 Å². The molecule has 0 radical (unpaired) electrons. The SMILES string of the molecule is CCNCC(C)(CC)CN1CCN(C)C(C)C1. The Morgan fingerprint density at radius 3 is 2.53 bits per heavy atom. The van der Waals surface area contributed by atoms with E-state index in [0.29, 0.717) is 11.5 Å². The lowest BCUT2D eigenvalue weighted by Crippen LogP contribution is -2.53. The third-order valence-corrected chi connectivity index (χ3v) is 4.30. The van der Waals surface area contributed by atoms with Crippen molar-refractivity contribution in [2.45, 2.75) is 40.2 Å². The Morgan fingerprint density at radius 2 is 2.00 bits per heavy atom. The van der Waals surface area contributed by atoms with E-state index in [2.05, 4.69) is 49.9 Å². The lowest BCUT2D eigenvalue weighted by Gasteiger charge is -2.42. The molecule has 0 aliphatic carbocycles. The first-order valence-corrected chi connectivity index (χ1v) is 7.14. The summed E-state index contributed by atoms with van der Waals surface area (Å²) in [5.74, 6) is 0. The van der Waals surface area contributed by atoms with Gasteiger partial charge in [0.05, 0.1) is 0 Å². The van der Waals surface area contributed by atoms with E-state index >= 15 is 0 Å². The number of hydrogen-bond donors (Lipinski definition) is 1. The zero-order valence-corrected chi connectivity index (χ0v) is 12.4. The molecule has 0 bridgehead atoms. The molecule has 1 heterocycles. The van der Waals surface area contributed by atoms with Crippen molar-refractivity contribution in [2.75, 3.05) is 46.3 Å². The Morgan fingerprint density at radius 1 is 1.29 bits per heavy atom. The molecule has 1 aliphatic rings. The fourth-order valence-electron chi connectivity index (χ4n) is 2.53. The van der Waals surface area contributed by atoms with Crippen molar-refractivity contribution in [2.24, 2.45) is 5.41 Å². The predicted octanol–water partition coefficient (Wildman–Crippen LogP) is 1.65. The number of likely N-dealkylation sites (N-methyl/N-ethyl adjacent to an activating group) is 1. The van der Waals surface area contributed by atoms with Crippen LogP contribution in [0.3, 0.4) is 0 Å². The van der Waals surface area contributed by atoms with Gasteiger partial charge in [-0.3, -0.25) is 4.90 Å². The molecule has 1 fully saturated rings. The van der Waals surface area contributed by atoms with Crippen LogP contribution in [-0.2, 0) is 0 Å². The second kappa shape index (κ2) is 6.72. The smallest absolute Gasteiger partial charge is 0.0192 e.